The Hall–Kier alpha value is -4.00. The summed E-state index contributed by atoms with van der Waals surface area (Å²) in [5.74, 6) is -1.36. The van der Waals surface area contributed by atoms with E-state index in [9.17, 15) is 36.0 Å². The summed E-state index contributed by atoms with van der Waals surface area (Å²) < 4.78 is 64.7. The van der Waals surface area contributed by atoms with Crippen LogP contribution in [0.5, 0.6) is 0 Å². The van der Waals surface area contributed by atoms with Crippen molar-refractivity contribution >= 4 is 27.5 Å². The maximum Gasteiger partial charge on any atom is 0.416 e. The molecular formula is C21H17F3N4O5S. The Morgan fingerprint density at radius 2 is 1.65 bits per heavy atom. The first-order valence-electron chi connectivity index (χ1n) is 9.52. The van der Waals surface area contributed by atoms with Gasteiger partial charge in [0.2, 0.25) is 11.8 Å². The maximum atomic E-state index is 12.7. The molecule has 0 aliphatic rings. The van der Waals surface area contributed by atoms with E-state index in [0.29, 0.717) is 5.56 Å². The predicted molar refractivity (Wildman–Crippen MR) is 115 cm³/mol. The Morgan fingerprint density at radius 1 is 1.03 bits per heavy atom. The van der Waals surface area contributed by atoms with Crippen LogP contribution < -0.4 is 15.6 Å². The number of anilines is 1. The second-order valence-electron chi connectivity index (χ2n) is 7.05. The summed E-state index contributed by atoms with van der Waals surface area (Å²) in [4.78, 5) is 39.4. The molecule has 0 radical (unpaired) electrons. The molecule has 0 aliphatic heterocycles. The van der Waals surface area contributed by atoms with Gasteiger partial charge in [0.15, 0.2) is 0 Å². The van der Waals surface area contributed by atoms with E-state index in [4.69, 9.17) is 0 Å². The summed E-state index contributed by atoms with van der Waals surface area (Å²) in [5, 5.41) is 2.49. The molecule has 0 unspecified atom stereocenters. The van der Waals surface area contributed by atoms with Crippen molar-refractivity contribution in [2.75, 3.05) is 5.32 Å². The number of rotatable bonds is 6. The molecule has 0 spiro atoms. The first-order valence-corrected chi connectivity index (χ1v) is 11.0. The summed E-state index contributed by atoms with van der Waals surface area (Å²) in [6, 6.07) is 10.2. The number of amides is 2. The highest BCUT2D eigenvalue weighted by molar-refractivity contribution is 7.90. The van der Waals surface area contributed by atoms with Crippen molar-refractivity contribution in [3.8, 4) is 11.3 Å². The average molecular weight is 494 g/mol. The van der Waals surface area contributed by atoms with Crippen molar-refractivity contribution < 1.29 is 31.2 Å². The first kappa shape index (κ1) is 24.6. The van der Waals surface area contributed by atoms with E-state index in [2.05, 4.69) is 10.3 Å². The van der Waals surface area contributed by atoms with E-state index in [0.717, 1.165) is 36.0 Å². The second kappa shape index (κ2) is 9.47. The van der Waals surface area contributed by atoms with Crippen LogP contribution in [0.1, 0.15) is 12.5 Å². The fraction of sp³-hybridized carbons (Fsp3) is 0.143. The Morgan fingerprint density at radius 3 is 2.18 bits per heavy atom. The third-order valence-electron chi connectivity index (χ3n) is 4.43. The highest BCUT2D eigenvalue weighted by atomic mass is 32.2. The van der Waals surface area contributed by atoms with Crippen LogP contribution in [0.3, 0.4) is 0 Å². The molecule has 3 rings (SSSR count). The van der Waals surface area contributed by atoms with Crippen LogP contribution in [0.25, 0.3) is 11.3 Å². The lowest BCUT2D eigenvalue weighted by Crippen LogP contribution is -2.28. The summed E-state index contributed by atoms with van der Waals surface area (Å²) >= 11 is 0. The molecule has 3 aromatic rings. The molecule has 0 aliphatic carbocycles. The molecule has 0 saturated carbocycles. The number of carbonyl (C=O) groups is 2. The third-order valence-corrected chi connectivity index (χ3v) is 5.88. The zero-order valence-electron chi connectivity index (χ0n) is 17.5. The zero-order valence-corrected chi connectivity index (χ0v) is 18.3. The molecule has 0 atom stereocenters. The molecular weight excluding hydrogens is 477 g/mol. The van der Waals surface area contributed by atoms with Gasteiger partial charge in [-0.25, -0.2) is 18.1 Å². The number of hydrogen-bond acceptors (Lipinski definition) is 6. The summed E-state index contributed by atoms with van der Waals surface area (Å²) in [5.41, 5.74) is -0.740. The van der Waals surface area contributed by atoms with Gasteiger partial charge in [-0.05, 0) is 36.4 Å². The summed E-state index contributed by atoms with van der Waals surface area (Å²) in [6.45, 7) is 0.643. The van der Waals surface area contributed by atoms with E-state index < -0.39 is 45.7 Å². The number of nitrogens with one attached hydrogen (secondary N) is 2. The Kier molecular flexibility index (Phi) is 6.86. The van der Waals surface area contributed by atoms with Crippen LogP contribution >= 0.6 is 0 Å². The number of carbonyl (C=O) groups excluding carboxylic acids is 2. The monoisotopic (exact) mass is 494 g/mol. The standard InChI is InChI=1S/C21H17F3N4O5S/c1-13(29)27-34(32,33)17-8-6-16(7-9-17)26-19(30)11-28-12-25-18(10-20(28)31)14-2-4-15(5-3-14)21(22,23)24/h2-10,12H,11H2,1H3,(H,26,30)(H,27,29). The van der Waals surface area contributed by atoms with Crippen LogP contribution in [0, 0.1) is 0 Å². The van der Waals surface area contributed by atoms with Crippen molar-refractivity contribution in [3.63, 3.8) is 0 Å². The molecule has 1 heterocycles. The molecule has 2 N–H and O–H groups in total. The minimum Gasteiger partial charge on any atom is -0.325 e. The highest BCUT2D eigenvalue weighted by Gasteiger charge is 2.30. The van der Waals surface area contributed by atoms with Gasteiger partial charge in [-0.15, -0.1) is 0 Å². The molecule has 13 heteroatoms. The van der Waals surface area contributed by atoms with Crippen LogP contribution in [0.4, 0.5) is 18.9 Å². The number of benzene rings is 2. The maximum absolute atomic E-state index is 12.7. The summed E-state index contributed by atoms with van der Waals surface area (Å²) in [6.07, 6.45) is -3.39. The lowest BCUT2D eigenvalue weighted by atomic mass is 10.1. The van der Waals surface area contributed by atoms with E-state index in [-0.39, 0.29) is 16.3 Å². The van der Waals surface area contributed by atoms with Crippen LogP contribution in [-0.4, -0.2) is 29.8 Å². The van der Waals surface area contributed by atoms with Crippen LogP contribution in [-0.2, 0) is 32.3 Å². The Balaban J connectivity index is 1.67. The van der Waals surface area contributed by atoms with Gasteiger partial charge in [0, 0.05) is 24.2 Å². The Bertz CT molecular complexity index is 1380. The minimum atomic E-state index is -4.48. The molecule has 9 nitrogen and oxygen atoms in total. The first-order chi connectivity index (χ1) is 15.8. The quantitative estimate of drug-likeness (QED) is 0.542. The normalized spacial score (nSPS) is 11.6. The number of hydrogen-bond donors (Lipinski definition) is 2. The molecule has 0 saturated heterocycles. The lowest BCUT2D eigenvalue weighted by molar-refractivity contribution is -0.137. The van der Waals surface area contributed by atoms with Crippen molar-refractivity contribution in [1.82, 2.24) is 14.3 Å². The number of aromatic nitrogens is 2. The molecule has 0 fully saturated rings. The van der Waals surface area contributed by atoms with Crippen LogP contribution in [0.2, 0.25) is 0 Å². The molecule has 2 amide bonds. The van der Waals surface area contributed by atoms with Gasteiger partial charge in [-0.1, -0.05) is 12.1 Å². The van der Waals surface area contributed by atoms with Crippen LogP contribution in [0.15, 0.2) is 70.6 Å². The fourth-order valence-electron chi connectivity index (χ4n) is 2.85. The van der Waals surface area contributed by atoms with Crippen molar-refractivity contribution in [3.05, 3.63) is 76.8 Å². The van der Waals surface area contributed by atoms with Gasteiger partial charge >= 0.3 is 6.18 Å². The van der Waals surface area contributed by atoms with Crippen molar-refractivity contribution in [2.24, 2.45) is 0 Å². The van der Waals surface area contributed by atoms with Gasteiger partial charge in [0.1, 0.15) is 6.54 Å². The molecule has 2 aromatic carbocycles. The SMILES string of the molecule is CC(=O)NS(=O)(=O)c1ccc(NC(=O)Cn2cnc(-c3ccc(C(F)(F)F)cc3)cc2=O)cc1. The van der Waals surface area contributed by atoms with Gasteiger partial charge in [0.05, 0.1) is 22.5 Å². The predicted octanol–water partition coefficient (Wildman–Crippen LogP) is 2.39. The average Bonchev–Trinajstić information content (AvgIpc) is 2.74. The zero-order chi connectivity index (χ0) is 25.1. The number of sulfonamides is 1. The van der Waals surface area contributed by atoms with Gasteiger partial charge in [-0.2, -0.15) is 13.2 Å². The van der Waals surface area contributed by atoms with Gasteiger partial charge in [0.25, 0.3) is 15.6 Å². The molecule has 34 heavy (non-hydrogen) atoms. The number of halogens is 3. The third kappa shape index (κ3) is 6.07. The molecule has 0 bridgehead atoms. The molecule has 1 aromatic heterocycles. The van der Waals surface area contributed by atoms with Crippen molar-refractivity contribution in [1.29, 1.82) is 0 Å². The minimum absolute atomic E-state index is 0.145. The molecule has 178 valence electrons. The lowest BCUT2D eigenvalue weighted by Gasteiger charge is -2.10. The topological polar surface area (TPSA) is 127 Å². The van der Waals surface area contributed by atoms with Crippen molar-refractivity contribution in [2.45, 2.75) is 24.5 Å². The number of nitrogens with zero attached hydrogens (tertiary/aromatic N) is 2. The largest absolute Gasteiger partial charge is 0.416 e. The number of alkyl halides is 3. The van der Waals surface area contributed by atoms with E-state index >= 15 is 0 Å². The fourth-order valence-corrected chi connectivity index (χ4v) is 3.84. The second-order valence-corrected chi connectivity index (χ2v) is 8.73. The highest BCUT2D eigenvalue weighted by Crippen LogP contribution is 2.30. The van der Waals surface area contributed by atoms with E-state index in [1.807, 2.05) is 4.72 Å². The Labute approximate surface area is 191 Å². The van der Waals surface area contributed by atoms with Gasteiger partial charge in [-0.3, -0.25) is 19.0 Å². The summed E-state index contributed by atoms with van der Waals surface area (Å²) in [7, 11) is -4.02. The van der Waals surface area contributed by atoms with E-state index in [1.54, 1.807) is 0 Å². The smallest absolute Gasteiger partial charge is 0.325 e. The van der Waals surface area contributed by atoms with Gasteiger partial charge < -0.3 is 5.32 Å². The van der Waals surface area contributed by atoms with E-state index in [1.165, 1.54) is 36.4 Å².